The molecule has 0 aliphatic rings. The van der Waals surface area contributed by atoms with Crippen molar-refractivity contribution in [1.82, 2.24) is 0 Å². The van der Waals surface area contributed by atoms with Crippen LogP contribution in [0.5, 0.6) is 0 Å². The second-order valence-electron chi connectivity index (χ2n) is 23.3. The van der Waals surface area contributed by atoms with Crippen LogP contribution in [0.1, 0.15) is 271 Å². The van der Waals surface area contributed by atoms with E-state index in [1.807, 2.05) is 33.3 Å². The van der Waals surface area contributed by atoms with E-state index in [0.717, 1.165) is 83.5 Å². The highest BCUT2D eigenvalue weighted by molar-refractivity contribution is 5.70. The number of aliphatic carboxylic acids is 1. The first kappa shape index (κ1) is 78.7. The number of allylic oxidation sites excluding steroid dienone is 20. The number of hydrogen-bond donors (Lipinski definition) is 0. The predicted molar refractivity (Wildman–Crippen MR) is 352 cm³/mol. The standard InChI is InChI=1S/C74H125NO8/c1-6-8-10-12-14-16-18-20-22-24-26-27-28-29-30-31-32-33-34-35-36-37-38-39-40-41-42-43-44-45-47-48-50-52-54-56-58-60-62-64-71(76)81-68-70(69-82-74(73(78)79)80-67-66-75(3,4)5)83-72(77)65-63-61-59-57-55-53-51-49-46-25-23-21-19-17-15-13-11-9-7-2/h8-11,14-17,20-23,26-27,46,49,53,55,59,61,70,74H,6-7,12-13,18-19,24-25,28-45,47-48,50-52,54,56-58,60,62-69H2,1-5H3/b10-8-,11-9-,16-14-,17-15-,22-20-,23-21-,27-26-,49-46-,55-53-,61-59-. The quantitative estimate of drug-likeness (QED) is 0.0195. The van der Waals surface area contributed by atoms with Crippen LogP contribution >= 0.6 is 0 Å². The number of esters is 2. The van der Waals surface area contributed by atoms with Gasteiger partial charge in [0.25, 0.3) is 0 Å². The second-order valence-corrected chi connectivity index (χ2v) is 23.3. The van der Waals surface area contributed by atoms with Gasteiger partial charge in [0.2, 0.25) is 0 Å². The molecule has 0 aromatic rings. The molecule has 0 amide bonds. The maximum Gasteiger partial charge on any atom is 0.306 e. The van der Waals surface area contributed by atoms with E-state index in [2.05, 4.69) is 123 Å². The van der Waals surface area contributed by atoms with Crippen LogP contribution in [0.2, 0.25) is 0 Å². The molecule has 0 spiro atoms. The van der Waals surface area contributed by atoms with E-state index in [9.17, 15) is 19.5 Å². The number of hydrogen-bond acceptors (Lipinski definition) is 8. The van der Waals surface area contributed by atoms with Crippen molar-refractivity contribution in [3.8, 4) is 0 Å². The molecule has 0 saturated carbocycles. The molecular formula is C74H125NO8. The van der Waals surface area contributed by atoms with E-state index in [-0.39, 0.29) is 38.6 Å². The van der Waals surface area contributed by atoms with Crippen molar-refractivity contribution in [3.63, 3.8) is 0 Å². The summed E-state index contributed by atoms with van der Waals surface area (Å²) in [5.41, 5.74) is 0. The molecule has 0 radical (unpaired) electrons. The number of rotatable bonds is 61. The van der Waals surface area contributed by atoms with Gasteiger partial charge in [0.15, 0.2) is 12.4 Å². The molecule has 0 aliphatic carbocycles. The number of carbonyl (C=O) groups excluding carboxylic acids is 3. The van der Waals surface area contributed by atoms with Gasteiger partial charge in [-0.3, -0.25) is 9.59 Å². The zero-order valence-corrected chi connectivity index (χ0v) is 54.0. The van der Waals surface area contributed by atoms with Gasteiger partial charge in [-0.1, -0.05) is 289 Å². The Labute approximate surface area is 510 Å². The number of ether oxygens (including phenoxy) is 4. The molecule has 83 heavy (non-hydrogen) atoms. The van der Waals surface area contributed by atoms with E-state index in [1.165, 1.54) is 154 Å². The molecule has 9 nitrogen and oxygen atoms in total. The summed E-state index contributed by atoms with van der Waals surface area (Å²) in [4.78, 5) is 37.3. The van der Waals surface area contributed by atoms with Crippen molar-refractivity contribution in [2.45, 2.75) is 283 Å². The Balaban J connectivity index is 4.05. The van der Waals surface area contributed by atoms with Gasteiger partial charge >= 0.3 is 11.9 Å². The van der Waals surface area contributed by atoms with Crippen LogP contribution < -0.4 is 5.11 Å². The third kappa shape index (κ3) is 65.1. The number of carboxylic acid groups (broad SMARTS) is 1. The molecule has 0 bridgehead atoms. The summed E-state index contributed by atoms with van der Waals surface area (Å²) in [6, 6.07) is 0. The van der Waals surface area contributed by atoms with Gasteiger partial charge in [-0.2, -0.15) is 0 Å². The highest BCUT2D eigenvalue weighted by Crippen LogP contribution is 2.17. The SMILES string of the molecule is CC/C=C\C/C=C\C/C=C\C/C=C\C/C=C\C/C=C\CCC(=O)OC(COC(=O)CCCCCCCCCCCCCCCCCCCCCCCCCCCC/C=C\C/C=C\C/C=C\C/C=C\CC)COC(OCC[N+](C)(C)C)C(=O)[O-]. The summed E-state index contributed by atoms with van der Waals surface area (Å²) < 4.78 is 22.6. The van der Waals surface area contributed by atoms with E-state index in [1.54, 1.807) is 0 Å². The molecule has 0 aromatic heterocycles. The number of likely N-dealkylation sites (N-methyl/N-ethyl adjacent to an activating group) is 1. The molecule has 2 unspecified atom stereocenters. The van der Waals surface area contributed by atoms with Gasteiger partial charge in [0, 0.05) is 12.8 Å². The molecule has 0 fully saturated rings. The molecule has 0 saturated heterocycles. The van der Waals surface area contributed by atoms with Gasteiger partial charge in [-0.25, -0.2) is 0 Å². The lowest BCUT2D eigenvalue weighted by molar-refractivity contribution is -0.870. The predicted octanol–water partition coefficient (Wildman–Crippen LogP) is 19.5. The Morgan fingerprint density at radius 3 is 1.01 bits per heavy atom. The second kappa shape index (κ2) is 63.7. The minimum absolute atomic E-state index is 0.119. The Morgan fingerprint density at radius 2 is 0.675 bits per heavy atom. The van der Waals surface area contributed by atoms with Crippen LogP contribution in [-0.4, -0.2) is 82.3 Å². The third-order valence-corrected chi connectivity index (χ3v) is 14.2. The molecule has 0 heterocycles. The van der Waals surface area contributed by atoms with Crippen molar-refractivity contribution in [1.29, 1.82) is 0 Å². The summed E-state index contributed by atoms with van der Waals surface area (Å²) >= 11 is 0. The maximum atomic E-state index is 12.8. The summed E-state index contributed by atoms with van der Waals surface area (Å²) in [5, 5.41) is 11.8. The molecule has 474 valence electrons. The zero-order chi connectivity index (χ0) is 60.5. The smallest absolute Gasteiger partial charge is 0.306 e. The van der Waals surface area contributed by atoms with Gasteiger partial charge in [-0.05, 0) is 89.9 Å². The van der Waals surface area contributed by atoms with E-state index in [4.69, 9.17) is 18.9 Å². The first-order chi connectivity index (χ1) is 40.6. The lowest BCUT2D eigenvalue weighted by Crippen LogP contribution is -2.44. The number of carbonyl (C=O) groups is 3. The monoisotopic (exact) mass is 1160 g/mol. The fourth-order valence-electron chi connectivity index (χ4n) is 9.14. The fourth-order valence-corrected chi connectivity index (χ4v) is 9.14. The first-order valence-corrected chi connectivity index (χ1v) is 33.7. The Kier molecular flexibility index (Phi) is 60.4. The van der Waals surface area contributed by atoms with E-state index < -0.39 is 24.3 Å². The van der Waals surface area contributed by atoms with Crippen LogP contribution in [0.25, 0.3) is 0 Å². The minimum Gasteiger partial charge on any atom is -0.545 e. The van der Waals surface area contributed by atoms with Crippen LogP contribution in [0.4, 0.5) is 0 Å². The lowest BCUT2D eigenvalue weighted by Gasteiger charge is -2.26. The number of nitrogens with zero attached hydrogens (tertiary/aromatic N) is 1. The summed E-state index contributed by atoms with van der Waals surface area (Å²) in [5.74, 6) is -2.40. The minimum atomic E-state index is -1.65. The third-order valence-electron chi connectivity index (χ3n) is 14.2. The summed E-state index contributed by atoms with van der Waals surface area (Å²) in [6.07, 6.45) is 87.5. The van der Waals surface area contributed by atoms with Gasteiger partial charge in [0.1, 0.15) is 13.2 Å². The van der Waals surface area contributed by atoms with Crippen molar-refractivity contribution in [3.05, 3.63) is 122 Å². The number of quaternary nitrogens is 1. The van der Waals surface area contributed by atoms with Crippen molar-refractivity contribution in [2.75, 3.05) is 47.5 Å². The maximum absolute atomic E-state index is 12.8. The zero-order valence-electron chi connectivity index (χ0n) is 54.0. The normalized spacial score (nSPS) is 13.5. The number of carboxylic acids is 1. The molecular weight excluding hydrogens is 1030 g/mol. The van der Waals surface area contributed by atoms with E-state index in [0.29, 0.717) is 17.4 Å². The van der Waals surface area contributed by atoms with Crippen LogP contribution in [0.3, 0.4) is 0 Å². The molecule has 0 aromatic carbocycles. The van der Waals surface area contributed by atoms with Gasteiger partial charge in [-0.15, -0.1) is 0 Å². The van der Waals surface area contributed by atoms with Crippen LogP contribution in [-0.2, 0) is 33.3 Å². The average Bonchev–Trinajstić information content (AvgIpc) is 3.46. The summed E-state index contributed by atoms with van der Waals surface area (Å²) in [7, 11) is 5.90. The van der Waals surface area contributed by atoms with Crippen LogP contribution in [0.15, 0.2) is 122 Å². The highest BCUT2D eigenvalue weighted by atomic mass is 16.7. The largest absolute Gasteiger partial charge is 0.545 e. The number of unbranched alkanes of at least 4 members (excludes halogenated alkanes) is 26. The molecule has 0 rings (SSSR count). The Hall–Kier alpha value is -4.31. The molecule has 2 atom stereocenters. The van der Waals surface area contributed by atoms with Crippen molar-refractivity contribution < 1.29 is 42.9 Å². The fraction of sp³-hybridized carbons (Fsp3) is 0.689. The Morgan fingerprint density at radius 1 is 0.361 bits per heavy atom. The molecule has 0 N–H and O–H groups in total. The Bertz CT molecular complexity index is 1780. The van der Waals surface area contributed by atoms with Gasteiger partial charge in [0.05, 0.1) is 40.3 Å². The topological polar surface area (TPSA) is 111 Å². The van der Waals surface area contributed by atoms with Crippen molar-refractivity contribution >= 4 is 17.9 Å². The summed E-state index contributed by atoms with van der Waals surface area (Å²) in [6.45, 7) is 4.44. The lowest BCUT2D eigenvalue weighted by atomic mass is 10.0. The van der Waals surface area contributed by atoms with Crippen molar-refractivity contribution in [2.24, 2.45) is 0 Å². The first-order valence-electron chi connectivity index (χ1n) is 33.7. The molecule has 0 aliphatic heterocycles. The average molecular weight is 1160 g/mol. The van der Waals surface area contributed by atoms with Gasteiger partial charge < -0.3 is 33.3 Å². The van der Waals surface area contributed by atoms with Crippen LogP contribution in [0, 0.1) is 0 Å². The molecule has 9 heteroatoms. The highest BCUT2D eigenvalue weighted by Gasteiger charge is 2.22. The van der Waals surface area contributed by atoms with E-state index >= 15 is 0 Å².